The fraction of sp³-hybridized carbons (Fsp3) is 0.111. The molecule has 1 atom stereocenters. The molecule has 1 amide bonds. The van der Waals surface area contributed by atoms with E-state index >= 15 is 0 Å². The van der Waals surface area contributed by atoms with Gasteiger partial charge in [0, 0.05) is 11.9 Å². The summed E-state index contributed by atoms with van der Waals surface area (Å²) in [6.07, 6.45) is 3.11. The molecule has 0 saturated heterocycles. The van der Waals surface area contributed by atoms with Crippen molar-refractivity contribution in [3.63, 3.8) is 0 Å². The molecule has 1 aliphatic rings. The largest absolute Gasteiger partial charge is 0.508 e. The summed E-state index contributed by atoms with van der Waals surface area (Å²) >= 11 is 0. The summed E-state index contributed by atoms with van der Waals surface area (Å²) in [6.45, 7) is 0. The lowest BCUT2D eigenvalue weighted by atomic mass is 10.1. The number of anilines is 1. The van der Waals surface area contributed by atoms with Gasteiger partial charge < -0.3 is 15.0 Å². The second-order valence-corrected chi connectivity index (χ2v) is 7.93. The number of carbonyl (C=O) groups excluding carboxylic acids is 1. The van der Waals surface area contributed by atoms with Crippen molar-refractivity contribution in [1.29, 1.82) is 0 Å². The second-order valence-electron chi connectivity index (χ2n) is 7.93. The normalized spacial score (nSPS) is 14.7. The number of rotatable bonds is 4. The lowest BCUT2D eigenvalue weighted by Crippen LogP contribution is -2.30. The number of nitrogens with zero attached hydrogens (tertiary/aromatic N) is 1. The third-order valence-electron chi connectivity index (χ3n) is 6.02. The maximum atomic E-state index is 13.2. The van der Waals surface area contributed by atoms with E-state index in [0.29, 0.717) is 18.5 Å². The van der Waals surface area contributed by atoms with Crippen LogP contribution in [0, 0.1) is 0 Å². The van der Waals surface area contributed by atoms with Gasteiger partial charge in [0.1, 0.15) is 11.3 Å². The molecule has 0 aliphatic heterocycles. The maximum absolute atomic E-state index is 13.2. The zero-order valence-corrected chi connectivity index (χ0v) is 17.4. The van der Waals surface area contributed by atoms with Crippen LogP contribution in [-0.4, -0.2) is 15.6 Å². The number of nitrogens with one attached hydrogen (secondary N) is 1. The Labute approximate surface area is 185 Å². The van der Waals surface area contributed by atoms with Crippen LogP contribution in [-0.2, 0) is 6.42 Å². The van der Waals surface area contributed by atoms with E-state index < -0.39 is 5.91 Å². The quantitative estimate of drug-likeness (QED) is 0.486. The molecular formula is C27H22N2O3. The first kappa shape index (κ1) is 19.8. The predicted octanol–water partition coefficient (Wildman–Crippen LogP) is 5.01. The summed E-state index contributed by atoms with van der Waals surface area (Å²) in [5.74, 6) is -0.183. The molecular weight excluding hydrogens is 400 g/mol. The van der Waals surface area contributed by atoms with Gasteiger partial charge in [-0.3, -0.25) is 9.59 Å². The molecule has 0 spiro atoms. The second kappa shape index (κ2) is 8.19. The Kier molecular flexibility index (Phi) is 5.07. The van der Waals surface area contributed by atoms with E-state index in [1.54, 1.807) is 35.0 Å². The van der Waals surface area contributed by atoms with Gasteiger partial charge in [0.25, 0.3) is 11.5 Å². The van der Waals surface area contributed by atoms with Gasteiger partial charge in [0.2, 0.25) is 0 Å². The molecule has 1 aliphatic carbocycles. The van der Waals surface area contributed by atoms with Gasteiger partial charge >= 0.3 is 0 Å². The fourth-order valence-corrected chi connectivity index (χ4v) is 4.41. The molecule has 3 aromatic carbocycles. The first-order valence-electron chi connectivity index (χ1n) is 10.6. The van der Waals surface area contributed by atoms with Crippen LogP contribution in [0.2, 0.25) is 0 Å². The van der Waals surface area contributed by atoms with Crippen LogP contribution in [0.4, 0.5) is 5.69 Å². The van der Waals surface area contributed by atoms with Gasteiger partial charge in [-0.2, -0.15) is 0 Å². The maximum Gasteiger partial charge on any atom is 0.263 e. The monoisotopic (exact) mass is 422 g/mol. The summed E-state index contributed by atoms with van der Waals surface area (Å²) in [5.41, 5.74) is 4.33. The highest BCUT2D eigenvalue weighted by Crippen LogP contribution is 2.38. The first-order chi connectivity index (χ1) is 15.6. The molecule has 0 fully saturated rings. The number of aromatic nitrogens is 1. The number of benzene rings is 3. The Morgan fingerprint density at radius 2 is 1.62 bits per heavy atom. The number of fused-ring (bicyclic) bond motifs is 1. The van der Waals surface area contributed by atoms with E-state index in [4.69, 9.17) is 0 Å². The van der Waals surface area contributed by atoms with Crippen molar-refractivity contribution in [2.75, 3.05) is 5.32 Å². The van der Waals surface area contributed by atoms with Crippen LogP contribution in [0.15, 0.2) is 95.9 Å². The van der Waals surface area contributed by atoms with Crippen molar-refractivity contribution in [3.8, 4) is 16.9 Å². The molecule has 1 aromatic heterocycles. The molecule has 0 radical (unpaired) electrons. The predicted molar refractivity (Wildman–Crippen MR) is 125 cm³/mol. The van der Waals surface area contributed by atoms with Crippen LogP contribution in [0.25, 0.3) is 11.1 Å². The van der Waals surface area contributed by atoms with E-state index in [1.165, 1.54) is 0 Å². The van der Waals surface area contributed by atoms with E-state index in [2.05, 4.69) is 5.32 Å². The number of carbonyl (C=O) groups is 1. The van der Waals surface area contributed by atoms with Crippen LogP contribution in [0.3, 0.4) is 0 Å². The Morgan fingerprint density at radius 3 is 2.41 bits per heavy atom. The number of amides is 1. The molecule has 0 saturated carbocycles. The lowest BCUT2D eigenvalue weighted by molar-refractivity contribution is 0.102. The molecule has 1 heterocycles. The third kappa shape index (κ3) is 3.58. The number of hydrogen-bond donors (Lipinski definition) is 2. The van der Waals surface area contributed by atoms with Gasteiger partial charge in [-0.1, -0.05) is 54.6 Å². The molecule has 4 aromatic rings. The Balaban J connectivity index is 1.39. The summed E-state index contributed by atoms with van der Waals surface area (Å²) in [7, 11) is 0. The van der Waals surface area contributed by atoms with Crippen molar-refractivity contribution in [3.05, 3.63) is 118 Å². The van der Waals surface area contributed by atoms with Crippen molar-refractivity contribution in [2.24, 2.45) is 0 Å². The standard InChI is InChI=1S/C27H22N2O3/c30-25-10-4-8-21-22(25)15-16-24(21)29-17-5-9-23(27(29)32)26(31)28-20-13-11-19(12-14-20)18-6-2-1-3-7-18/h1-14,17,24,30H,15-16H2,(H,28,31). The van der Waals surface area contributed by atoms with Crippen LogP contribution >= 0.6 is 0 Å². The molecule has 5 heteroatoms. The van der Waals surface area contributed by atoms with Crippen molar-refractivity contribution in [1.82, 2.24) is 4.57 Å². The fourth-order valence-electron chi connectivity index (χ4n) is 4.41. The van der Waals surface area contributed by atoms with Gasteiger partial charge in [-0.25, -0.2) is 0 Å². The van der Waals surface area contributed by atoms with Crippen LogP contribution < -0.4 is 10.9 Å². The van der Waals surface area contributed by atoms with Gasteiger partial charge in [-0.05, 0) is 65.4 Å². The van der Waals surface area contributed by atoms with Crippen LogP contribution in [0.1, 0.15) is 33.9 Å². The van der Waals surface area contributed by atoms with E-state index in [9.17, 15) is 14.7 Å². The lowest BCUT2D eigenvalue weighted by Gasteiger charge is -2.16. The van der Waals surface area contributed by atoms with Crippen LogP contribution in [0.5, 0.6) is 5.75 Å². The Morgan fingerprint density at radius 1 is 0.875 bits per heavy atom. The molecule has 32 heavy (non-hydrogen) atoms. The van der Waals surface area contributed by atoms with Gasteiger partial charge in [0.15, 0.2) is 0 Å². The minimum atomic E-state index is -0.439. The first-order valence-corrected chi connectivity index (χ1v) is 10.6. The topological polar surface area (TPSA) is 71.3 Å². The Bertz CT molecular complexity index is 1340. The summed E-state index contributed by atoms with van der Waals surface area (Å²) in [6, 6.07) is 26.0. The van der Waals surface area contributed by atoms with E-state index in [-0.39, 0.29) is 22.9 Å². The minimum absolute atomic E-state index is 0.0910. The highest BCUT2D eigenvalue weighted by Gasteiger charge is 2.27. The molecule has 5 rings (SSSR count). The highest BCUT2D eigenvalue weighted by molar-refractivity contribution is 6.04. The number of aromatic hydroxyl groups is 1. The summed E-state index contributed by atoms with van der Waals surface area (Å²) < 4.78 is 1.60. The van der Waals surface area contributed by atoms with E-state index in [1.807, 2.05) is 60.7 Å². The average molecular weight is 422 g/mol. The van der Waals surface area contributed by atoms with E-state index in [0.717, 1.165) is 22.3 Å². The zero-order valence-electron chi connectivity index (χ0n) is 17.4. The summed E-state index contributed by atoms with van der Waals surface area (Å²) in [4.78, 5) is 26.1. The van der Waals surface area contributed by atoms with Gasteiger partial charge in [0.05, 0.1) is 6.04 Å². The number of phenolic OH excluding ortho intramolecular Hbond substituents is 1. The number of pyridine rings is 1. The Hall–Kier alpha value is -4.12. The van der Waals surface area contributed by atoms with Crippen molar-refractivity contribution < 1.29 is 9.90 Å². The molecule has 5 nitrogen and oxygen atoms in total. The molecule has 1 unspecified atom stereocenters. The highest BCUT2D eigenvalue weighted by atomic mass is 16.3. The number of phenols is 1. The molecule has 158 valence electrons. The van der Waals surface area contributed by atoms with Crippen molar-refractivity contribution >= 4 is 11.6 Å². The number of hydrogen-bond acceptors (Lipinski definition) is 3. The summed E-state index contributed by atoms with van der Waals surface area (Å²) in [5, 5.41) is 12.9. The van der Waals surface area contributed by atoms with Gasteiger partial charge in [-0.15, -0.1) is 0 Å². The molecule has 0 bridgehead atoms. The minimum Gasteiger partial charge on any atom is -0.508 e. The smallest absolute Gasteiger partial charge is 0.263 e. The molecule has 2 N–H and O–H groups in total. The van der Waals surface area contributed by atoms with Crippen molar-refractivity contribution in [2.45, 2.75) is 18.9 Å². The third-order valence-corrected chi connectivity index (χ3v) is 6.02. The zero-order chi connectivity index (χ0) is 22.1. The average Bonchev–Trinajstić information content (AvgIpc) is 3.25. The SMILES string of the molecule is O=C(Nc1ccc(-c2ccccc2)cc1)c1cccn(C2CCc3c(O)cccc32)c1=O.